The van der Waals surface area contributed by atoms with Gasteiger partial charge in [0.1, 0.15) is 11.5 Å². The van der Waals surface area contributed by atoms with E-state index in [9.17, 15) is 14.0 Å². The summed E-state index contributed by atoms with van der Waals surface area (Å²) in [4.78, 5) is 26.0. The molecule has 0 fully saturated rings. The molecule has 184 valence electrons. The molecule has 0 aliphatic carbocycles. The van der Waals surface area contributed by atoms with E-state index in [0.29, 0.717) is 28.2 Å². The van der Waals surface area contributed by atoms with Gasteiger partial charge in [-0.15, -0.1) is 0 Å². The Kier molecular flexibility index (Phi) is 6.38. The second-order valence-corrected chi connectivity index (χ2v) is 8.48. The van der Waals surface area contributed by atoms with Crippen molar-refractivity contribution in [2.24, 2.45) is 7.05 Å². The first-order valence-corrected chi connectivity index (χ1v) is 11.7. The van der Waals surface area contributed by atoms with Gasteiger partial charge in [-0.1, -0.05) is 36.4 Å². The van der Waals surface area contributed by atoms with Crippen molar-refractivity contribution in [3.05, 3.63) is 125 Å². The Morgan fingerprint density at radius 1 is 0.919 bits per heavy atom. The number of nitrogens with one attached hydrogen (secondary N) is 1. The highest BCUT2D eigenvalue weighted by atomic mass is 19.1. The molecule has 8 heteroatoms. The highest BCUT2D eigenvalue weighted by molar-refractivity contribution is 6.02. The maximum Gasteiger partial charge on any atom is 0.295 e. The van der Waals surface area contributed by atoms with E-state index < -0.39 is 5.91 Å². The maximum absolute atomic E-state index is 13.5. The molecule has 0 aliphatic rings. The zero-order valence-corrected chi connectivity index (χ0v) is 20.3. The number of hydrogen-bond acceptors (Lipinski definition) is 3. The summed E-state index contributed by atoms with van der Waals surface area (Å²) in [6.45, 7) is 1.77. The van der Waals surface area contributed by atoms with Gasteiger partial charge in [-0.2, -0.15) is 5.10 Å². The van der Waals surface area contributed by atoms with Gasteiger partial charge < -0.3 is 5.32 Å². The van der Waals surface area contributed by atoms with Crippen molar-refractivity contribution in [3.63, 3.8) is 0 Å². The van der Waals surface area contributed by atoms with Crippen molar-refractivity contribution in [2.45, 2.75) is 6.92 Å². The summed E-state index contributed by atoms with van der Waals surface area (Å²) in [7, 11) is 1.77. The number of hydrogen-bond donors (Lipinski definition) is 1. The number of aromatic nitrogens is 4. The quantitative estimate of drug-likeness (QED) is 0.334. The SMILES string of the molecule is Cc1c(NC(=O)/C=C/c2cn(-c3ccccc3)nc2-c2ccc(F)cc2)c(=O)n(-c2ccccc2)n1C. The molecule has 0 bridgehead atoms. The Balaban J connectivity index is 1.46. The van der Waals surface area contributed by atoms with E-state index in [1.165, 1.54) is 22.9 Å². The van der Waals surface area contributed by atoms with Crippen molar-refractivity contribution >= 4 is 17.7 Å². The first-order valence-electron chi connectivity index (χ1n) is 11.7. The van der Waals surface area contributed by atoms with E-state index in [2.05, 4.69) is 10.4 Å². The van der Waals surface area contributed by atoms with Crippen LogP contribution in [0.1, 0.15) is 11.3 Å². The molecular weight excluding hydrogens is 469 g/mol. The second kappa shape index (κ2) is 9.94. The molecule has 0 atom stereocenters. The third-order valence-corrected chi connectivity index (χ3v) is 6.10. The van der Waals surface area contributed by atoms with Gasteiger partial charge >= 0.3 is 0 Å². The Labute approximate surface area is 212 Å². The van der Waals surface area contributed by atoms with Gasteiger partial charge in [0.2, 0.25) is 5.91 Å². The van der Waals surface area contributed by atoms with E-state index in [1.807, 2.05) is 60.7 Å². The standard InChI is InChI=1S/C29H24FN5O2/c1-20-27(29(37)35(33(20)2)25-11-7-4-8-12-25)31-26(36)18-15-22-19-34(24-9-5-3-6-10-24)32-28(22)21-13-16-23(30)17-14-21/h3-19H,1-2H3,(H,31,36)/b18-15+. The lowest BCUT2D eigenvalue weighted by atomic mass is 10.1. The van der Waals surface area contributed by atoms with Crippen LogP contribution in [-0.4, -0.2) is 25.1 Å². The number of benzene rings is 3. The molecule has 0 aliphatic heterocycles. The Morgan fingerprint density at radius 3 is 2.19 bits per heavy atom. The largest absolute Gasteiger partial charge is 0.316 e. The highest BCUT2D eigenvalue weighted by Gasteiger charge is 2.17. The summed E-state index contributed by atoms with van der Waals surface area (Å²) in [6.07, 6.45) is 4.79. The normalized spacial score (nSPS) is 11.2. The molecule has 0 radical (unpaired) electrons. The van der Waals surface area contributed by atoms with Crippen LogP contribution in [0.2, 0.25) is 0 Å². The number of para-hydroxylation sites is 2. The fraction of sp³-hybridized carbons (Fsp3) is 0.0690. The van der Waals surface area contributed by atoms with Gasteiger partial charge in [-0.25, -0.2) is 13.8 Å². The number of rotatable bonds is 6. The van der Waals surface area contributed by atoms with E-state index in [4.69, 9.17) is 0 Å². The number of anilines is 1. The van der Waals surface area contributed by atoms with Crippen LogP contribution < -0.4 is 10.9 Å². The van der Waals surface area contributed by atoms with Gasteiger partial charge in [0.05, 0.1) is 22.8 Å². The summed E-state index contributed by atoms with van der Waals surface area (Å²) < 4.78 is 18.4. The summed E-state index contributed by atoms with van der Waals surface area (Å²) >= 11 is 0. The zero-order chi connectivity index (χ0) is 25.9. The number of halogens is 1. The number of nitrogens with zero attached hydrogens (tertiary/aromatic N) is 4. The van der Waals surface area contributed by atoms with Crippen LogP contribution in [0.15, 0.2) is 102 Å². The monoisotopic (exact) mass is 493 g/mol. The molecule has 0 spiro atoms. The van der Waals surface area contributed by atoms with E-state index in [0.717, 1.165) is 5.69 Å². The lowest BCUT2D eigenvalue weighted by Crippen LogP contribution is -2.22. The van der Waals surface area contributed by atoms with Gasteiger partial charge in [0.15, 0.2) is 0 Å². The minimum atomic E-state index is -0.455. The molecule has 2 aromatic heterocycles. The predicted octanol–water partition coefficient (Wildman–Crippen LogP) is 5.13. The molecule has 0 saturated heterocycles. The molecule has 5 aromatic rings. The van der Waals surface area contributed by atoms with Crippen LogP contribution in [0, 0.1) is 12.7 Å². The Bertz CT molecular complexity index is 1650. The molecule has 0 unspecified atom stereocenters. The molecule has 1 N–H and O–H groups in total. The molecule has 5 rings (SSSR count). The summed E-state index contributed by atoms with van der Waals surface area (Å²) in [5.74, 6) is -0.800. The van der Waals surface area contributed by atoms with Crippen molar-refractivity contribution in [2.75, 3.05) is 5.32 Å². The molecule has 7 nitrogen and oxygen atoms in total. The molecular formula is C29H24FN5O2. The third kappa shape index (κ3) is 4.77. The van der Waals surface area contributed by atoms with Crippen LogP contribution in [-0.2, 0) is 11.8 Å². The lowest BCUT2D eigenvalue weighted by Gasteiger charge is -2.07. The Hall–Kier alpha value is -4.98. The van der Waals surface area contributed by atoms with Crippen molar-refractivity contribution in [1.82, 2.24) is 19.1 Å². The van der Waals surface area contributed by atoms with Gasteiger partial charge in [-0.05, 0) is 61.5 Å². The lowest BCUT2D eigenvalue weighted by molar-refractivity contribution is -0.111. The average Bonchev–Trinajstić information content (AvgIpc) is 3.44. The number of carbonyl (C=O) groups excluding carboxylic acids is 1. The van der Waals surface area contributed by atoms with Gasteiger partial charge in [-0.3, -0.25) is 14.3 Å². The average molecular weight is 494 g/mol. The zero-order valence-electron chi connectivity index (χ0n) is 20.3. The predicted molar refractivity (Wildman–Crippen MR) is 142 cm³/mol. The van der Waals surface area contributed by atoms with Crippen molar-refractivity contribution in [3.8, 4) is 22.6 Å². The van der Waals surface area contributed by atoms with E-state index in [1.54, 1.807) is 47.7 Å². The molecule has 1 amide bonds. The van der Waals surface area contributed by atoms with Crippen molar-refractivity contribution in [1.29, 1.82) is 0 Å². The van der Waals surface area contributed by atoms with Crippen LogP contribution in [0.3, 0.4) is 0 Å². The van der Waals surface area contributed by atoms with Crippen molar-refractivity contribution < 1.29 is 9.18 Å². The Morgan fingerprint density at radius 2 is 1.54 bits per heavy atom. The molecule has 37 heavy (non-hydrogen) atoms. The maximum atomic E-state index is 13.5. The molecule has 2 heterocycles. The summed E-state index contributed by atoms with van der Waals surface area (Å²) in [5.41, 5.74) is 4.02. The second-order valence-electron chi connectivity index (χ2n) is 8.48. The first-order chi connectivity index (χ1) is 17.9. The summed E-state index contributed by atoms with van der Waals surface area (Å²) in [6, 6.07) is 24.8. The number of amides is 1. The minimum Gasteiger partial charge on any atom is -0.316 e. The molecule has 0 saturated carbocycles. The molecule has 3 aromatic carbocycles. The topological polar surface area (TPSA) is 73.8 Å². The smallest absolute Gasteiger partial charge is 0.295 e. The summed E-state index contributed by atoms with van der Waals surface area (Å²) in [5, 5.41) is 7.40. The first kappa shape index (κ1) is 23.7. The van der Waals surface area contributed by atoms with Crippen LogP contribution in [0.25, 0.3) is 28.7 Å². The fourth-order valence-corrected chi connectivity index (χ4v) is 4.10. The fourth-order valence-electron chi connectivity index (χ4n) is 4.10. The highest BCUT2D eigenvalue weighted by Crippen LogP contribution is 2.25. The van der Waals surface area contributed by atoms with Gasteiger partial charge in [0, 0.05) is 30.4 Å². The van der Waals surface area contributed by atoms with E-state index >= 15 is 0 Å². The third-order valence-electron chi connectivity index (χ3n) is 6.10. The number of carbonyl (C=O) groups is 1. The van der Waals surface area contributed by atoms with Crippen LogP contribution >= 0.6 is 0 Å². The van der Waals surface area contributed by atoms with Gasteiger partial charge in [0.25, 0.3) is 5.56 Å². The van der Waals surface area contributed by atoms with Crippen LogP contribution in [0.5, 0.6) is 0 Å². The van der Waals surface area contributed by atoms with E-state index in [-0.39, 0.29) is 17.1 Å². The minimum absolute atomic E-state index is 0.208. The van der Waals surface area contributed by atoms with Crippen LogP contribution in [0.4, 0.5) is 10.1 Å².